The van der Waals surface area contributed by atoms with Crippen molar-refractivity contribution in [2.24, 2.45) is 0 Å². The highest BCUT2D eigenvalue weighted by molar-refractivity contribution is 7.99. The highest BCUT2D eigenvalue weighted by Crippen LogP contribution is 2.10. The summed E-state index contributed by atoms with van der Waals surface area (Å²) in [5, 5.41) is 4.16. The summed E-state index contributed by atoms with van der Waals surface area (Å²) in [5.41, 5.74) is 0.978. The highest BCUT2D eigenvalue weighted by Gasteiger charge is 2.13. The van der Waals surface area contributed by atoms with Gasteiger partial charge in [-0.1, -0.05) is 0 Å². The molecule has 1 aromatic rings. The van der Waals surface area contributed by atoms with Gasteiger partial charge in [-0.3, -0.25) is 9.48 Å². The van der Waals surface area contributed by atoms with E-state index in [0.717, 1.165) is 36.7 Å². The normalized spacial score (nSPS) is 16.6. The lowest BCUT2D eigenvalue weighted by Crippen LogP contribution is -2.36. The van der Waals surface area contributed by atoms with Crippen molar-refractivity contribution in [1.82, 2.24) is 14.7 Å². The highest BCUT2D eigenvalue weighted by atomic mass is 32.2. The van der Waals surface area contributed by atoms with Crippen LogP contribution in [-0.2, 0) is 11.3 Å². The van der Waals surface area contributed by atoms with Crippen LogP contribution in [-0.4, -0.2) is 45.2 Å². The van der Waals surface area contributed by atoms with Crippen LogP contribution in [0.3, 0.4) is 0 Å². The number of thioether (sulfide) groups is 1. The molecule has 1 fully saturated rings. The second-order valence-electron chi connectivity index (χ2n) is 3.90. The lowest BCUT2D eigenvalue weighted by Gasteiger charge is -2.24. The fraction of sp³-hybridized carbons (Fsp3) is 0.500. The van der Waals surface area contributed by atoms with Crippen LogP contribution in [0.1, 0.15) is 12.5 Å². The molecule has 1 aliphatic heterocycles. The quantitative estimate of drug-likeness (QED) is 0.764. The predicted octanol–water partition coefficient (Wildman–Crippen LogP) is 1.49. The van der Waals surface area contributed by atoms with Crippen molar-refractivity contribution < 1.29 is 4.79 Å². The number of hydrogen-bond acceptors (Lipinski definition) is 3. The Kier molecular flexibility index (Phi) is 4.25. The average molecular weight is 251 g/mol. The molecule has 0 unspecified atom stereocenters. The molecule has 92 valence electrons. The first-order valence-corrected chi connectivity index (χ1v) is 7.02. The Morgan fingerprint density at radius 2 is 2.29 bits per heavy atom. The first-order chi connectivity index (χ1) is 8.29. The van der Waals surface area contributed by atoms with E-state index in [-0.39, 0.29) is 5.91 Å². The zero-order chi connectivity index (χ0) is 12.1. The molecule has 2 rings (SSSR count). The Labute approximate surface area is 106 Å². The van der Waals surface area contributed by atoms with Gasteiger partial charge < -0.3 is 4.90 Å². The van der Waals surface area contributed by atoms with Crippen LogP contribution in [0.5, 0.6) is 0 Å². The molecule has 1 aliphatic rings. The van der Waals surface area contributed by atoms with Crippen LogP contribution in [0, 0.1) is 0 Å². The zero-order valence-electron chi connectivity index (χ0n) is 10.0. The Bertz CT molecular complexity index is 408. The Morgan fingerprint density at radius 3 is 2.94 bits per heavy atom. The molecule has 17 heavy (non-hydrogen) atoms. The van der Waals surface area contributed by atoms with Gasteiger partial charge in [-0.15, -0.1) is 0 Å². The van der Waals surface area contributed by atoms with Gasteiger partial charge in [0.1, 0.15) is 0 Å². The minimum absolute atomic E-state index is 0.106. The van der Waals surface area contributed by atoms with Gasteiger partial charge >= 0.3 is 0 Å². The largest absolute Gasteiger partial charge is 0.338 e. The van der Waals surface area contributed by atoms with E-state index >= 15 is 0 Å². The first kappa shape index (κ1) is 12.2. The molecule has 0 spiro atoms. The van der Waals surface area contributed by atoms with E-state index in [1.807, 2.05) is 40.5 Å². The molecule has 0 aliphatic carbocycles. The van der Waals surface area contributed by atoms with Crippen LogP contribution in [0.25, 0.3) is 6.08 Å². The minimum Gasteiger partial charge on any atom is -0.338 e. The fourth-order valence-corrected chi connectivity index (χ4v) is 2.60. The molecule has 4 nitrogen and oxygen atoms in total. The monoisotopic (exact) mass is 251 g/mol. The van der Waals surface area contributed by atoms with Gasteiger partial charge in [0, 0.05) is 49.0 Å². The third kappa shape index (κ3) is 3.36. The van der Waals surface area contributed by atoms with Gasteiger partial charge in [0.15, 0.2) is 0 Å². The first-order valence-electron chi connectivity index (χ1n) is 5.87. The molecule has 0 radical (unpaired) electrons. The van der Waals surface area contributed by atoms with Gasteiger partial charge in [-0.25, -0.2) is 0 Å². The van der Waals surface area contributed by atoms with Crippen molar-refractivity contribution in [2.45, 2.75) is 13.5 Å². The molecule has 1 amide bonds. The lowest BCUT2D eigenvalue weighted by molar-refractivity contribution is -0.125. The summed E-state index contributed by atoms with van der Waals surface area (Å²) >= 11 is 1.91. The second kappa shape index (κ2) is 5.91. The van der Waals surface area contributed by atoms with Crippen molar-refractivity contribution in [3.8, 4) is 0 Å². The molecule has 5 heteroatoms. The van der Waals surface area contributed by atoms with E-state index in [0.29, 0.717) is 0 Å². The summed E-state index contributed by atoms with van der Waals surface area (Å²) in [5.74, 6) is 2.20. The van der Waals surface area contributed by atoms with Crippen molar-refractivity contribution >= 4 is 23.7 Å². The standard InChI is InChI=1S/C12H17N3OS/c1-2-15-10-11(9-13-15)3-4-12(16)14-5-7-17-8-6-14/h3-4,9-10H,2,5-8H2,1H3. The van der Waals surface area contributed by atoms with Crippen molar-refractivity contribution in [3.05, 3.63) is 24.0 Å². The molecular formula is C12H17N3OS. The third-order valence-corrected chi connectivity index (χ3v) is 3.66. The number of carbonyl (C=O) groups is 1. The van der Waals surface area contributed by atoms with E-state index in [9.17, 15) is 4.79 Å². The van der Waals surface area contributed by atoms with Gasteiger partial charge in [-0.05, 0) is 13.0 Å². The SMILES string of the molecule is CCn1cc(C=CC(=O)N2CCSCC2)cn1. The molecule has 1 aromatic heterocycles. The number of aromatic nitrogens is 2. The summed E-state index contributed by atoms with van der Waals surface area (Å²) in [4.78, 5) is 13.8. The van der Waals surface area contributed by atoms with Gasteiger partial charge in [-0.2, -0.15) is 16.9 Å². The fourth-order valence-electron chi connectivity index (χ4n) is 1.70. The van der Waals surface area contributed by atoms with Gasteiger partial charge in [0.25, 0.3) is 0 Å². The van der Waals surface area contributed by atoms with Crippen molar-refractivity contribution in [2.75, 3.05) is 24.6 Å². The molecule has 1 saturated heterocycles. The number of aryl methyl sites for hydroxylation is 1. The number of rotatable bonds is 3. The van der Waals surface area contributed by atoms with Crippen LogP contribution in [0.2, 0.25) is 0 Å². The number of carbonyl (C=O) groups excluding carboxylic acids is 1. The van der Waals surface area contributed by atoms with Gasteiger partial charge in [0.05, 0.1) is 6.20 Å². The van der Waals surface area contributed by atoms with Crippen molar-refractivity contribution in [1.29, 1.82) is 0 Å². The predicted molar refractivity (Wildman–Crippen MR) is 70.8 cm³/mol. The van der Waals surface area contributed by atoms with Crippen LogP contribution >= 0.6 is 11.8 Å². The summed E-state index contributed by atoms with van der Waals surface area (Å²) < 4.78 is 1.85. The topological polar surface area (TPSA) is 38.1 Å². The Balaban J connectivity index is 1.92. The minimum atomic E-state index is 0.106. The Hall–Kier alpha value is -1.23. The lowest BCUT2D eigenvalue weighted by atomic mass is 10.3. The summed E-state index contributed by atoms with van der Waals surface area (Å²) in [6.07, 6.45) is 7.20. The summed E-state index contributed by atoms with van der Waals surface area (Å²) in [6.45, 7) is 4.62. The van der Waals surface area contributed by atoms with Crippen LogP contribution < -0.4 is 0 Å². The maximum atomic E-state index is 11.9. The molecule has 0 aromatic carbocycles. The average Bonchev–Trinajstić information content (AvgIpc) is 2.85. The summed E-state index contributed by atoms with van der Waals surface area (Å²) in [7, 11) is 0. The maximum absolute atomic E-state index is 11.9. The number of nitrogens with zero attached hydrogens (tertiary/aromatic N) is 3. The van der Waals surface area contributed by atoms with E-state index in [2.05, 4.69) is 5.10 Å². The second-order valence-corrected chi connectivity index (χ2v) is 5.13. The molecule has 0 saturated carbocycles. The van der Waals surface area contributed by atoms with Crippen LogP contribution in [0.4, 0.5) is 0 Å². The number of amides is 1. The van der Waals surface area contributed by atoms with E-state index in [1.165, 1.54) is 0 Å². The zero-order valence-corrected chi connectivity index (χ0v) is 10.8. The van der Waals surface area contributed by atoms with E-state index in [1.54, 1.807) is 12.3 Å². The van der Waals surface area contributed by atoms with Gasteiger partial charge in [0.2, 0.25) is 5.91 Å². The maximum Gasteiger partial charge on any atom is 0.246 e. The van der Waals surface area contributed by atoms with E-state index in [4.69, 9.17) is 0 Å². The van der Waals surface area contributed by atoms with E-state index < -0.39 is 0 Å². The molecular weight excluding hydrogens is 234 g/mol. The third-order valence-electron chi connectivity index (χ3n) is 2.72. The van der Waals surface area contributed by atoms with Crippen LogP contribution in [0.15, 0.2) is 18.5 Å². The molecule has 0 atom stereocenters. The number of hydrogen-bond donors (Lipinski definition) is 0. The molecule has 0 bridgehead atoms. The smallest absolute Gasteiger partial charge is 0.246 e. The van der Waals surface area contributed by atoms with Crippen molar-refractivity contribution in [3.63, 3.8) is 0 Å². The molecule has 0 N–H and O–H groups in total. The summed E-state index contributed by atoms with van der Waals surface area (Å²) in [6, 6.07) is 0. The molecule has 2 heterocycles. The Morgan fingerprint density at radius 1 is 1.53 bits per heavy atom.